The highest BCUT2D eigenvalue weighted by atomic mass is 16.2. The van der Waals surface area contributed by atoms with Crippen molar-refractivity contribution in [2.45, 2.75) is 77.3 Å². The topological polar surface area (TPSA) is 74.8 Å². The molecular weight excluding hydrogens is 254 g/mol. The maximum Gasteiger partial charge on any atom is 0.322 e. The van der Waals surface area contributed by atoms with E-state index in [2.05, 4.69) is 16.0 Å². The zero-order valence-electron chi connectivity index (χ0n) is 13.1. The SMILES string of the molecule is CC(C)(C)NC(=O)NC(=O)C[NH2+]C1CCCCCCC1. The van der Waals surface area contributed by atoms with E-state index in [9.17, 15) is 9.59 Å². The van der Waals surface area contributed by atoms with E-state index in [-0.39, 0.29) is 11.4 Å². The number of hydrogen-bond donors (Lipinski definition) is 3. The first kappa shape index (κ1) is 17.0. The lowest BCUT2D eigenvalue weighted by Gasteiger charge is -2.21. The summed E-state index contributed by atoms with van der Waals surface area (Å²) in [6, 6.07) is 0.125. The Labute approximate surface area is 122 Å². The van der Waals surface area contributed by atoms with Gasteiger partial charge in [0.25, 0.3) is 5.91 Å². The molecule has 0 unspecified atom stereocenters. The van der Waals surface area contributed by atoms with Crippen LogP contribution in [0.3, 0.4) is 0 Å². The van der Waals surface area contributed by atoms with Crippen LogP contribution in [0, 0.1) is 0 Å². The lowest BCUT2D eigenvalue weighted by molar-refractivity contribution is -0.680. The number of nitrogens with one attached hydrogen (secondary N) is 2. The number of imide groups is 1. The van der Waals surface area contributed by atoms with Gasteiger partial charge in [-0.05, 0) is 46.5 Å². The summed E-state index contributed by atoms with van der Waals surface area (Å²) >= 11 is 0. The number of carbonyl (C=O) groups excluding carboxylic acids is 2. The molecule has 0 radical (unpaired) electrons. The minimum Gasteiger partial charge on any atom is -0.336 e. The van der Waals surface area contributed by atoms with E-state index in [1.165, 1.54) is 44.9 Å². The van der Waals surface area contributed by atoms with Gasteiger partial charge in [0.15, 0.2) is 6.54 Å². The van der Waals surface area contributed by atoms with Gasteiger partial charge in [-0.1, -0.05) is 19.3 Å². The zero-order chi connectivity index (χ0) is 15.0. The fraction of sp³-hybridized carbons (Fsp3) is 0.867. The molecule has 0 spiro atoms. The van der Waals surface area contributed by atoms with Gasteiger partial charge >= 0.3 is 6.03 Å². The first-order valence-corrected chi connectivity index (χ1v) is 7.82. The summed E-state index contributed by atoms with van der Waals surface area (Å²) in [5.74, 6) is -0.214. The second-order valence-electron chi connectivity index (χ2n) is 6.80. The highest BCUT2D eigenvalue weighted by Crippen LogP contribution is 2.14. The van der Waals surface area contributed by atoms with Crippen molar-refractivity contribution in [1.82, 2.24) is 10.6 Å². The molecule has 0 bridgehead atoms. The molecule has 0 heterocycles. The maximum atomic E-state index is 11.7. The number of hydrogen-bond acceptors (Lipinski definition) is 2. The van der Waals surface area contributed by atoms with Crippen LogP contribution in [0.25, 0.3) is 0 Å². The maximum absolute atomic E-state index is 11.7. The Kier molecular flexibility index (Phi) is 6.99. The normalized spacial score (nSPS) is 17.9. The van der Waals surface area contributed by atoms with E-state index in [0.29, 0.717) is 12.6 Å². The second kappa shape index (κ2) is 8.25. The van der Waals surface area contributed by atoms with Crippen LogP contribution in [-0.4, -0.2) is 30.1 Å². The number of nitrogens with two attached hydrogens (primary N) is 1. The van der Waals surface area contributed by atoms with Crippen molar-refractivity contribution in [2.24, 2.45) is 0 Å². The van der Waals surface area contributed by atoms with Crippen molar-refractivity contribution >= 4 is 11.9 Å². The summed E-state index contributed by atoms with van der Waals surface area (Å²) < 4.78 is 0. The van der Waals surface area contributed by atoms with Crippen LogP contribution < -0.4 is 16.0 Å². The Morgan fingerprint density at radius 3 is 2.15 bits per heavy atom. The number of rotatable bonds is 3. The highest BCUT2D eigenvalue weighted by Gasteiger charge is 2.18. The molecule has 0 atom stereocenters. The lowest BCUT2D eigenvalue weighted by atomic mass is 9.97. The van der Waals surface area contributed by atoms with Gasteiger partial charge in [-0.2, -0.15) is 0 Å². The van der Waals surface area contributed by atoms with E-state index < -0.39 is 6.03 Å². The molecule has 0 saturated heterocycles. The molecule has 1 aliphatic carbocycles. The quantitative estimate of drug-likeness (QED) is 0.730. The Bertz CT molecular complexity index is 316. The van der Waals surface area contributed by atoms with Gasteiger partial charge < -0.3 is 10.6 Å². The zero-order valence-corrected chi connectivity index (χ0v) is 13.1. The van der Waals surface area contributed by atoms with Gasteiger partial charge in [0.2, 0.25) is 0 Å². The van der Waals surface area contributed by atoms with Gasteiger partial charge in [-0.25, -0.2) is 4.79 Å². The smallest absolute Gasteiger partial charge is 0.322 e. The van der Waals surface area contributed by atoms with Crippen LogP contribution in [-0.2, 0) is 4.79 Å². The summed E-state index contributed by atoms with van der Waals surface area (Å²) in [4.78, 5) is 23.3. The van der Waals surface area contributed by atoms with Crippen LogP contribution in [0.1, 0.15) is 65.7 Å². The minimum atomic E-state index is -0.409. The first-order valence-electron chi connectivity index (χ1n) is 7.82. The average molecular weight is 284 g/mol. The standard InChI is InChI=1S/C15H29N3O2/c1-15(2,3)18-14(20)17-13(19)11-16-12-9-7-5-4-6-8-10-12/h12,16H,4-11H2,1-3H3,(H2,17,18,19,20)/p+1. The molecule has 4 N–H and O–H groups in total. The molecule has 0 aromatic carbocycles. The van der Waals surface area contributed by atoms with Crippen molar-refractivity contribution in [3.8, 4) is 0 Å². The second-order valence-corrected chi connectivity index (χ2v) is 6.80. The Balaban J connectivity index is 2.22. The van der Waals surface area contributed by atoms with Crippen LogP contribution in [0.2, 0.25) is 0 Å². The lowest BCUT2D eigenvalue weighted by Crippen LogP contribution is -2.92. The van der Waals surface area contributed by atoms with Gasteiger partial charge in [-0.3, -0.25) is 10.1 Å². The van der Waals surface area contributed by atoms with E-state index >= 15 is 0 Å². The molecule has 5 nitrogen and oxygen atoms in total. The Hall–Kier alpha value is -1.10. The van der Waals surface area contributed by atoms with Gasteiger partial charge in [0, 0.05) is 5.54 Å². The number of carbonyl (C=O) groups is 2. The minimum absolute atomic E-state index is 0.214. The van der Waals surface area contributed by atoms with Gasteiger partial charge in [-0.15, -0.1) is 0 Å². The van der Waals surface area contributed by atoms with Gasteiger partial charge in [0.1, 0.15) is 0 Å². The van der Waals surface area contributed by atoms with E-state index in [0.717, 1.165) is 0 Å². The Morgan fingerprint density at radius 2 is 1.60 bits per heavy atom. The number of quaternary nitrogens is 1. The molecule has 1 rings (SSSR count). The molecule has 0 aromatic rings. The van der Waals surface area contributed by atoms with Crippen molar-refractivity contribution in [1.29, 1.82) is 0 Å². The molecule has 0 aliphatic heterocycles. The van der Waals surface area contributed by atoms with Crippen LogP contribution >= 0.6 is 0 Å². The van der Waals surface area contributed by atoms with Crippen molar-refractivity contribution < 1.29 is 14.9 Å². The number of urea groups is 1. The van der Waals surface area contributed by atoms with Crippen molar-refractivity contribution in [2.75, 3.05) is 6.54 Å². The third-order valence-corrected chi connectivity index (χ3v) is 3.53. The third-order valence-electron chi connectivity index (χ3n) is 3.53. The van der Waals surface area contributed by atoms with Crippen LogP contribution in [0.4, 0.5) is 4.79 Å². The van der Waals surface area contributed by atoms with Crippen molar-refractivity contribution in [3.05, 3.63) is 0 Å². The largest absolute Gasteiger partial charge is 0.336 e. The summed E-state index contributed by atoms with van der Waals surface area (Å²) in [6.45, 7) is 6.00. The molecule has 1 aliphatic rings. The molecular formula is C15H30N3O2+. The summed E-state index contributed by atoms with van der Waals surface area (Å²) in [7, 11) is 0. The highest BCUT2D eigenvalue weighted by molar-refractivity contribution is 5.94. The van der Waals surface area contributed by atoms with Gasteiger partial charge in [0.05, 0.1) is 6.04 Å². The van der Waals surface area contributed by atoms with E-state index in [1.807, 2.05) is 20.8 Å². The van der Waals surface area contributed by atoms with E-state index in [4.69, 9.17) is 0 Å². The Morgan fingerprint density at radius 1 is 1.05 bits per heavy atom. The fourth-order valence-electron chi connectivity index (χ4n) is 2.55. The van der Waals surface area contributed by atoms with Crippen molar-refractivity contribution in [3.63, 3.8) is 0 Å². The predicted molar refractivity (Wildman–Crippen MR) is 79.3 cm³/mol. The first-order chi connectivity index (χ1) is 9.37. The molecule has 116 valence electrons. The monoisotopic (exact) mass is 284 g/mol. The predicted octanol–water partition coefficient (Wildman–Crippen LogP) is 1.29. The molecule has 5 heteroatoms. The summed E-state index contributed by atoms with van der Waals surface area (Å²) in [6.07, 6.45) is 8.85. The fourth-order valence-corrected chi connectivity index (χ4v) is 2.55. The number of amides is 3. The third kappa shape index (κ3) is 8.15. The molecule has 20 heavy (non-hydrogen) atoms. The average Bonchev–Trinajstić information content (AvgIpc) is 2.24. The van der Waals surface area contributed by atoms with Crippen LogP contribution in [0.5, 0.6) is 0 Å². The van der Waals surface area contributed by atoms with Crippen LogP contribution in [0.15, 0.2) is 0 Å². The molecule has 0 aromatic heterocycles. The molecule has 3 amide bonds. The summed E-state index contributed by atoms with van der Waals surface area (Å²) in [5, 5.41) is 7.19. The molecule has 1 fully saturated rings. The summed E-state index contributed by atoms with van der Waals surface area (Å²) in [5.41, 5.74) is -0.326. The van der Waals surface area contributed by atoms with E-state index in [1.54, 1.807) is 0 Å². The molecule has 1 saturated carbocycles.